The minimum atomic E-state index is -0.830. The molecule has 1 aromatic carbocycles. The number of carboxylic acid groups (broad SMARTS) is 1. The molecule has 2 aromatic heterocycles. The van der Waals surface area contributed by atoms with Crippen molar-refractivity contribution in [1.82, 2.24) is 15.1 Å². The van der Waals surface area contributed by atoms with Gasteiger partial charge in [0, 0.05) is 11.9 Å². The van der Waals surface area contributed by atoms with E-state index in [0.29, 0.717) is 24.3 Å². The summed E-state index contributed by atoms with van der Waals surface area (Å²) in [5.74, 6) is -1.05. The molecular formula is C19H19N3O3S. The minimum absolute atomic E-state index is 0.185. The standard InChI is InChI=1S/C19H19N3O3S/c1-12-14-9-15(16(23)20-11-19(7-8-19)18(24)25)26-17(14)22(21-12)10-13-5-3-2-4-6-13/h2-6,9H,7-8,10-11H2,1H3,(H,20,23)(H,24,25). The quantitative estimate of drug-likeness (QED) is 0.699. The van der Waals surface area contributed by atoms with Crippen LogP contribution in [0.4, 0.5) is 0 Å². The fraction of sp³-hybridized carbons (Fsp3) is 0.316. The van der Waals surface area contributed by atoms with Crippen molar-refractivity contribution < 1.29 is 14.7 Å². The Kier molecular flexibility index (Phi) is 4.03. The summed E-state index contributed by atoms with van der Waals surface area (Å²) in [7, 11) is 0. The summed E-state index contributed by atoms with van der Waals surface area (Å²) in [4.78, 5) is 25.2. The van der Waals surface area contributed by atoms with Crippen molar-refractivity contribution in [2.75, 3.05) is 6.54 Å². The van der Waals surface area contributed by atoms with Crippen molar-refractivity contribution >= 4 is 33.4 Å². The minimum Gasteiger partial charge on any atom is -0.481 e. The van der Waals surface area contributed by atoms with E-state index in [1.807, 2.05) is 48.0 Å². The fourth-order valence-corrected chi connectivity index (χ4v) is 4.12. The number of hydrogen-bond acceptors (Lipinski definition) is 4. The number of nitrogens with zero attached hydrogens (tertiary/aromatic N) is 2. The van der Waals surface area contributed by atoms with Gasteiger partial charge in [-0.1, -0.05) is 30.3 Å². The lowest BCUT2D eigenvalue weighted by Crippen LogP contribution is -2.33. The molecular weight excluding hydrogens is 350 g/mol. The molecule has 4 rings (SSSR count). The number of carbonyl (C=O) groups excluding carboxylic acids is 1. The first-order valence-electron chi connectivity index (χ1n) is 8.51. The van der Waals surface area contributed by atoms with Gasteiger partial charge in [-0.3, -0.25) is 14.3 Å². The van der Waals surface area contributed by atoms with Gasteiger partial charge in [-0.15, -0.1) is 11.3 Å². The zero-order valence-electron chi connectivity index (χ0n) is 14.4. The van der Waals surface area contributed by atoms with Gasteiger partial charge in [-0.2, -0.15) is 5.10 Å². The number of thiophene rings is 1. The molecule has 7 heteroatoms. The second-order valence-electron chi connectivity index (χ2n) is 6.83. The number of fused-ring (bicyclic) bond motifs is 1. The van der Waals surface area contributed by atoms with Crippen molar-refractivity contribution in [2.24, 2.45) is 5.41 Å². The molecule has 0 atom stereocenters. The molecule has 1 saturated carbocycles. The Labute approximate surface area is 154 Å². The largest absolute Gasteiger partial charge is 0.481 e. The van der Waals surface area contributed by atoms with Crippen LogP contribution in [0.25, 0.3) is 10.2 Å². The van der Waals surface area contributed by atoms with Crippen molar-refractivity contribution in [3.05, 3.63) is 52.5 Å². The molecule has 2 heterocycles. The SMILES string of the molecule is Cc1nn(Cc2ccccc2)c2sc(C(=O)NCC3(C(=O)O)CC3)cc12. The van der Waals surface area contributed by atoms with E-state index in [9.17, 15) is 14.7 Å². The highest BCUT2D eigenvalue weighted by atomic mass is 32.1. The zero-order valence-corrected chi connectivity index (χ0v) is 15.2. The smallest absolute Gasteiger partial charge is 0.311 e. The number of carbonyl (C=O) groups is 2. The highest BCUT2D eigenvalue weighted by Crippen LogP contribution is 2.45. The van der Waals surface area contributed by atoms with Crippen LogP contribution in [0.1, 0.15) is 33.8 Å². The predicted octanol–water partition coefficient (Wildman–Crippen LogP) is 3.05. The van der Waals surface area contributed by atoms with E-state index >= 15 is 0 Å². The first-order chi connectivity index (χ1) is 12.5. The van der Waals surface area contributed by atoms with Crippen LogP contribution in [0, 0.1) is 12.3 Å². The lowest BCUT2D eigenvalue weighted by Gasteiger charge is -2.10. The molecule has 0 bridgehead atoms. The third-order valence-corrected chi connectivity index (χ3v) is 6.05. The summed E-state index contributed by atoms with van der Waals surface area (Å²) in [5.41, 5.74) is 1.27. The lowest BCUT2D eigenvalue weighted by molar-refractivity contribution is -0.143. The van der Waals surface area contributed by atoms with E-state index in [0.717, 1.165) is 21.5 Å². The van der Waals surface area contributed by atoms with E-state index in [-0.39, 0.29) is 12.5 Å². The van der Waals surface area contributed by atoms with Crippen molar-refractivity contribution in [1.29, 1.82) is 0 Å². The molecule has 3 aromatic rings. The van der Waals surface area contributed by atoms with E-state index < -0.39 is 11.4 Å². The van der Waals surface area contributed by atoms with Crippen LogP contribution >= 0.6 is 11.3 Å². The number of aryl methyl sites for hydroxylation is 1. The van der Waals surface area contributed by atoms with Crippen LogP contribution < -0.4 is 5.32 Å². The molecule has 0 radical (unpaired) electrons. The number of aromatic nitrogens is 2. The third kappa shape index (κ3) is 2.99. The topological polar surface area (TPSA) is 84.2 Å². The van der Waals surface area contributed by atoms with Crippen LogP contribution in [0.2, 0.25) is 0 Å². The maximum absolute atomic E-state index is 12.5. The number of benzene rings is 1. The van der Waals surface area contributed by atoms with Crippen LogP contribution in [0.5, 0.6) is 0 Å². The zero-order chi connectivity index (χ0) is 18.3. The van der Waals surface area contributed by atoms with E-state index in [1.165, 1.54) is 11.3 Å². The average molecular weight is 369 g/mol. The molecule has 1 amide bonds. The summed E-state index contributed by atoms with van der Waals surface area (Å²) in [6.07, 6.45) is 1.25. The Morgan fingerprint density at radius 2 is 2.04 bits per heavy atom. The van der Waals surface area contributed by atoms with E-state index in [1.54, 1.807) is 0 Å². The Morgan fingerprint density at radius 1 is 1.31 bits per heavy atom. The lowest BCUT2D eigenvalue weighted by atomic mass is 10.1. The van der Waals surface area contributed by atoms with Gasteiger partial charge >= 0.3 is 5.97 Å². The van der Waals surface area contributed by atoms with Gasteiger partial charge in [0.2, 0.25) is 0 Å². The maximum atomic E-state index is 12.5. The number of carboxylic acids is 1. The molecule has 2 N–H and O–H groups in total. The van der Waals surface area contributed by atoms with Gasteiger partial charge < -0.3 is 10.4 Å². The summed E-state index contributed by atoms with van der Waals surface area (Å²) >= 11 is 1.39. The van der Waals surface area contributed by atoms with Crippen LogP contribution in [-0.4, -0.2) is 33.3 Å². The Hall–Kier alpha value is -2.67. The normalized spacial score (nSPS) is 15.1. The van der Waals surface area contributed by atoms with Crippen molar-refractivity contribution in [2.45, 2.75) is 26.3 Å². The fourth-order valence-electron chi connectivity index (χ4n) is 3.04. The highest BCUT2D eigenvalue weighted by Gasteiger charge is 2.50. The number of rotatable bonds is 6. The molecule has 26 heavy (non-hydrogen) atoms. The number of amides is 1. The molecule has 0 spiro atoms. The van der Waals surface area contributed by atoms with Gasteiger partial charge in [0.1, 0.15) is 4.83 Å². The van der Waals surface area contributed by atoms with E-state index in [4.69, 9.17) is 0 Å². The Morgan fingerprint density at radius 3 is 2.69 bits per heavy atom. The van der Waals surface area contributed by atoms with E-state index in [2.05, 4.69) is 10.4 Å². The number of nitrogens with one attached hydrogen (secondary N) is 1. The van der Waals surface area contributed by atoms with Gasteiger partial charge in [0.15, 0.2) is 0 Å². The Bertz CT molecular complexity index is 986. The van der Waals surface area contributed by atoms with Crippen LogP contribution in [0.3, 0.4) is 0 Å². The summed E-state index contributed by atoms with van der Waals surface area (Å²) in [6, 6.07) is 11.9. The first-order valence-corrected chi connectivity index (χ1v) is 9.33. The Balaban J connectivity index is 1.54. The second-order valence-corrected chi connectivity index (χ2v) is 7.86. The number of aliphatic carboxylic acids is 1. The van der Waals surface area contributed by atoms with Crippen molar-refractivity contribution in [3.63, 3.8) is 0 Å². The molecule has 0 saturated heterocycles. The summed E-state index contributed by atoms with van der Waals surface area (Å²) < 4.78 is 1.92. The first kappa shape index (κ1) is 16.8. The molecule has 1 fully saturated rings. The number of hydrogen-bond donors (Lipinski definition) is 2. The van der Waals surface area contributed by atoms with Gasteiger partial charge in [-0.05, 0) is 31.4 Å². The molecule has 134 valence electrons. The third-order valence-electron chi connectivity index (χ3n) is 4.90. The van der Waals surface area contributed by atoms with Crippen LogP contribution in [0.15, 0.2) is 36.4 Å². The van der Waals surface area contributed by atoms with Crippen LogP contribution in [-0.2, 0) is 11.3 Å². The second kappa shape index (κ2) is 6.25. The van der Waals surface area contributed by atoms with Gasteiger partial charge in [-0.25, -0.2) is 0 Å². The maximum Gasteiger partial charge on any atom is 0.311 e. The molecule has 6 nitrogen and oxygen atoms in total. The highest BCUT2D eigenvalue weighted by molar-refractivity contribution is 7.20. The van der Waals surface area contributed by atoms with Gasteiger partial charge in [0.05, 0.1) is 22.5 Å². The summed E-state index contributed by atoms with van der Waals surface area (Å²) in [6.45, 7) is 2.77. The molecule has 0 unspecified atom stereocenters. The molecule has 1 aliphatic carbocycles. The predicted molar refractivity (Wildman–Crippen MR) is 99.5 cm³/mol. The van der Waals surface area contributed by atoms with Gasteiger partial charge in [0.25, 0.3) is 5.91 Å². The monoisotopic (exact) mass is 369 g/mol. The molecule has 0 aliphatic heterocycles. The average Bonchev–Trinajstić information content (AvgIpc) is 3.21. The summed E-state index contributed by atoms with van der Waals surface area (Å²) in [5, 5.41) is 17.6. The van der Waals surface area contributed by atoms with Crippen molar-refractivity contribution in [3.8, 4) is 0 Å². The molecule has 1 aliphatic rings.